The summed E-state index contributed by atoms with van der Waals surface area (Å²) in [7, 11) is 1.61. The number of benzene rings is 1. The number of hydrogen-bond donors (Lipinski definition) is 3. The monoisotopic (exact) mass is 253 g/mol. The molecule has 4 nitrogen and oxygen atoms in total. The maximum absolute atomic E-state index is 10.0. The first-order valence-corrected chi connectivity index (χ1v) is 6.12. The lowest BCUT2D eigenvalue weighted by Crippen LogP contribution is -2.49. The van der Waals surface area contributed by atoms with Crippen molar-refractivity contribution in [3.63, 3.8) is 0 Å². The van der Waals surface area contributed by atoms with E-state index in [1.54, 1.807) is 14.0 Å². The number of aliphatic hydroxyl groups excluding tert-OH is 2. The average molecular weight is 253 g/mol. The van der Waals surface area contributed by atoms with Gasteiger partial charge in [-0.05, 0) is 38.5 Å². The van der Waals surface area contributed by atoms with Gasteiger partial charge in [0, 0.05) is 12.1 Å². The van der Waals surface area contributed by atoms with Crippen molar-refractivity contribution in [2.24, 2.45) is 0 Å². The molecule has 0 fully saturated rings. The second-order valence-corrected chi connectivity index (χ2v) is 5.07. The van der Waals surface area contributed by atoms with E-state index in [2.05, 4.69) is 5.32 Å². The van der Waals surface area contributed by atoms with Crippen molar-refractivity contribution in [3.05, 3.63) is 29.8 Å². The number of methoxy groups -OCH3 is 1. The van der Waals surface area contributed by atoms with Crippen molar-refractivity contribution < 1.29 is 14.9 Å². The predicted octanol–water partition coefficient (Wildman–Crippen LogP) is 1.48. The molecule has 0 aliphatic carbocycles. The molecule has 1 aromatic carbocycles. The predicted molar refractivity (Wildman–Crippen MR) is 71.7 cm³/mol. The number of hydrogen-bond acceptors (Lipinski definition) is 4. The van der Waals surface area contributed by atoms with Crippen molar-refractivity contribution in [2.45, 2.75) is 38.5 Å². The molecule has 3 N–H and O–H groups in total. The SMILES string of the molecule is COc1ccc(C(O)CNC(C)(C)C(C)O)cc1. The molecule has 0 heterocycles. The van der Waals surface area contributed by atoms with Crippen LogP contribution in [-0.4, -0.2) is 35.5 Å². The third kappa shape index (κ3) is 3.98. The van der Waals surface area contributed by atoms with Crippen LogP contribution in [0.1, 0.15) is 32.4 Å². The molecule has 0 aromatic heterocycles. The fourth-order valence-electron chi connectivity index (χ4n) is 1.45. The summed E-state index contributed by atoms with van der Waals surface area (Å²) in [5, 5.41) is 22.8. The normalized spacial score (nSPS) is 15.2. The van der Waals surface area contributed by atoms with Crippen molar-refractivity contribution in [3.8, 4) is 5.75 Å². The molecular weight excluding hydrogens is 230 g/mol. The Hall–Kier alpha value is -1.10. The minimum Gasteiger partial charge on any atom is -0.497 e. The van der Waals surface area contributed by atoms with Gasteiger partial charge in [-0.2, -0.15) is 0 Å². The van der Waals surface area contributed by atoms with E-state index >= 15 is 0 Å². The standard InChI is InChI=1S/C14H23NO3/c1-10(16)14(2,3)15-9-13(17)11-5-7-12(18-4)8-6-11/h5-8,10,13,15-17H,9H2,1-4H3. The Morgan fingerprint density at radius 3 is 2.22 bits per heavy atom. The van der Waals surface area contributed by atoms with Crippen LogP contribution in [-0.2, 0) is 0 Å². The number of aliphatic hydroxyl groups is 2. The fourth-order valence-corrected chi connectivity index (χ4v) is 1.45. The van der Waals surface area contributed by atoms with Crippen LogP contribution in [0.5, 0.6) is 5.75 Å². The van der Waals surface area contributed by atoms with E-state index in [1.807, 2.05) is 38.1 Å². The molecule has 18 heavy (non-hydrogen) atoms. The minimum absolute atomic E-state index is 0.393. The van der Waals surface area contributed by atoms with Crippen LogP contribution in [0.3, 0.4) is 0 Å². The largest absolute Gasteiger partial charge is 0.497 e. The van der Waals surface area contributed by atoms with E-state index in [0.29, 0.717) is 6.54 Å². The van der Waals surface area contributed by atoms with Crippen LogP contribution in [0.25, 0.3) is 0 Å². The molecule has 2 unspecified atom stereocenters. The Morgan fingerprint density at radius 2 is 1.78 bits per heavy atom. The van der Waals surface area contributed by atoms with Crippen LogP contribution in [0.2, 0.25) is 0 Å². The highest BCUT2D eigenvalue weighted by atomic mass is 16.5. The van der Waals surface area contributed by atoms with Crippen molar-refractivity contribution in [1.82, 2.24) is 5.32 Å². The Morgan fingerprint density at radius 1 is 1.22 bits per heavy atom. The van der Waals surface area contributed by atoms with Gasteiger partial charge in [0.15, 0.2) is 0 Å². The smallest absolute Gasteiger partial charge is 0.118 e. The van der Waals surface area contributed by atoms with Gasteiger partial charge in [0.1, 0.15) is 5.75 Å². The minimum atomic E-state index is -0.603. The highest BCUT2D eigenvalue weighted by Crippen LogP contribution is 2.18. The molecule has 102 valence electrons. The average Bonchev–Trinajstić information content (AvgIpc) is 2.36. The van der Waals surface area contributed by atoms with Crippen molar-refractivity contribution in [1.29, 1.82) is 0 Å². The van der Waals surface area contributed by atoms with Crippen LogP contribution in [0.15, 0.2) is 24.3 Å². The van der Waals surface area contributed by atoms with E-state index in [-0.39, 0.29) is 0 Å². The summed E-state index contributed by atoms with van der Waals surface area (Å²) in [6.07, 6.45) is -1.09. The molecule has 1 rings (SSSR count). The first-order chi connectivity index (χ1) is 8.36. The number of nitrogens with one attached hydrogen (secondary N) is 1. The molecule has 2 atom stereocenters. The quantitative estimate of drug-likeness (QED) is 0.718. The van der Waals surface area contributed by atoms with Crippen LogP contribution in [0.4, 0.5) is 0 Å². The van der Waals surface area contributed by atoms with E-state index in [4.69, 9.17) is 4.74 Å². The first kappa shape index (κ1) is 15.0. The Balaban J connectivity index is 2.57. The molecule has 0 amide bonds. The molecule has 0 aliphatic heterocycles. The van der Waals surface area contributed by atoms with E-state index < -0.39 is 17.7 Å². The second kappa shape index (κ2) is 6.18. The summed E-state index contributed by atoms with van der Waals surface area (Å²) >= 11 is 0. The molecule has 4 heteroatoms. The van der Waals surface area contributed by atoms with Gasteiger partial charge in [0.25, 0.3) is 0 Å². The highest BCUT2D eigenvalue weighted by Gasteiger charge is 2.24. The molecule has 0 radical (unpaired) electrons. The van der Waals surface area contributed by atoms with Gasteiger partial charge in [-0.25, -0.2) is 0 Å². The van der Waals surface area contributed by atoms with Crippen LogP contribution in [0, 0.1) is 0 Å². The van der Waals surface area contributed by atoms with Crippen LogP contribution >= 0.6 is 0 Å². The van der Waals surface area contributed by atoms with E-state index in [9.17, 15) is 10.2 Å². The van der Waals surface area contributed by atoms with Crippen LogP contribution < -0.4 is 10.1 Å². The first-order valence-electron chi connectivity index (χ1n) is 6.12. The second-order valence-electron chi connectivity index (χ2n) is 5.07. The molecule has 0 saturated carbocycles. The Bertz CT molecular complexity index is 360. The van der Waals surface area contributed by atoms with Gasteiger partial charge in [0.2, 0.25) is 0 Å². The lowest BCUT2D eigenvalue weighted by molar-refractivity contribution is 0.0804. The molecule has 1 aromatic rings. The lowest BCUT2D eigenvalue weighted by atomic mass is 9.98. The summed E-state index contributed by atoms with van der Waals surface area (Å²) in [5.74, 6) is 0.767. The van der Waals surface area contributed by atoms with Crippen molar-refractivity contribution >= 4 is 0 Å². The maximum atomic E-state index is 10.0. The molecule has 0 spiro atoms. The number of rotatable bonds is 6. The van der Waals surface area contributed by atoms with Gasteiger partial charge in [-0.3, -0.25) is 0 Å². The van der Waals surface area contributed by atoms with Gasteiger partial charge >= 0.3 is 0 Å². The summed E-state index contributed by atoms with van der Waals surface area (Å²) in [5.41, 5.74) is 0.401. The molecule has 0 bridgehead atoms. The van der Waals surface area contributed by atoms with Gasteiger partial charge in [0.05, 0.1) is 19.3 Å². The zero-order valence-corrected chi connectivity index (χ0v) is 11.5. The summed E-state index contributed by atoms with van der Waals surface area (Å²) in [6, 6.07) is 7.30. The number of ether oxygens (including phenoxy) is 1. The van der Waals surface area contributed by atoms with E-state index in [1.165, 1.54) is 0 Å². The van der Waals surface area contributed by atoms with E-state index in [0.717, 1.165) is 11.3 Å². The summed E-state index contributed by atoms with van der Waals surface area (Å²) < 4.78 is 5.06. The summed E-state index contributed by atoms with van der Waals surface area (Å²) in [6.45, 7) is 5.92. The molecule has 0 aliphatic rings. The Kier molecular flexibility index (Phi) is 5.14. The van der Waals surface area contributed by atoms with Gasteiger partial charge in [-0.15, -0.1) is 0 Å². The number of β-amino-alcohol motifs (C(OH)–C–C–N with tert-alkyl or cyclic N) is 1. The topological polar surface area (TPSA) is 61.7 Å². The third-order valence-corrected chi connectivity index (χ3v) is 3.30. The summed E-state index contributed by atoms with van der Waals surface area (Å²) in [4.78, 5) is 0. The fraction of sp³-hybridized carbons (Fsp3) is 0.571. The van der Waals surface area contributed by atoms with Gasteiger partial charge in [-0.1, -0.05) is 12.1 Å². The van der Waals surface area contributed by atoms with Crippen molar-refractivity contribution in [2.75, 3.05) is 13.7 Å². The van der Waals surface area contributed by atoms with Gasteiger partial charge < -0.3 is 20.3 Å². The third-order valence-electron chi connectivity index (χ3n) is 3.30. The lowest BCUT2D eigenvalue weighted by Gasteiger charge is -2.30. The maximum Gasteiger partial charge on any atom is 0.118 e. The highest BCUT2D eigenvalue weighted by molar-refractivity contribution is 5.28. The Labute approximate surface area is 109 Å². The zero-order chi connectivity index (χ0) is 13.8. The zero-order valence-electron chi connectivity index (χ0n) is 11.5. The molecular formula is C14H23NO3. The molecule has 0 saturated heterocycles.